The summed E-state index contributed by atoms with van der Waals surface area (Å²) in [5.74, 6) is 0. The molecule has 1 aromatic rings. The number of nitrogens with one attached hydrogen (secondary N) is 1. The average Bonchev–Trinajstić information content (AvgIpc) is 2.32. The maximum absolute atomic E-state index is 11.2. The van der Waals surface area contributed by atoms with E-state index in [1.165, 1.54) is 0 Å². The third-order valence-electron chi connectivity index (χ3n) is 1.94. The highest BCUT2D eigenvalue weighted by atomic mass is 16.5. The summed E-state index contributed by atoms with van der Waals surface area (Å²) >= 11 is 0. The lowest BCUT2D eigenvalue weighted by Gasteiger charge is -2.16. The van der Waals surface area contributed by atoms with Crippen LogP contribution in [0.2, 0.25) is 0 Å². The molecule has 0 spiro atoms. The second-order valence-electron chi connectivity index (χ2n) is 4.13. The summed E-state index contributed by atoms with van der Waals surface area (Å²) in [7, 11) is 0. The molecule has 0 aromatic carbocycles. The highest BCUT2D eigenvalue weighted by molar-refractivity contribution is 5.22. The quantitative estimate of drug-likeness (QED) is 0.713. The number of aromatic nitrogens is 1. The first kappa shape index (κ1) is 10.1. The van der Waals surface area contributed by atoms with Crippen LogP contribution in [-0.4, -0.2) is 11.7 Å². The van der Waals surface area contributed by atoms with Crippen LogP contribution < -0.4 is 11.4 Å². The molecule has 0 aliphatic carbocycles. The van der Waals surface area contributed by atoms with Gasteiger partial charge in [0.1, 0.15) is 0 Å². The van der Waals surface area contributed by atoms with E-state index in [0.717, 1.165) is 5.69 Å². The van der Waals surface area contributed by atoms with E-state index in [4.69, 9.17) is 10.3 Å². The molecule has 0 saturated heterocycles. The molecule has 4 nitrogen and oxygen atoms in total. The van der Waals surface area contributed by atoms with Gasteiger partial charge in [-0.1, -0.05) is 20.8 Å². The number of rotatable bonds is 2. The summed E-state index contributed by atoms with van der Waals surface area (Å²) in [5.41, 5.74) is 6.54. The van der Waals surface area contributed by atoms with Crippen LogP contribution in [0.5, 0.6) is 0 Å². The van der Waals surface area contributed by atoms with Gasteiger partial charge in [-0.2, -0.15) is 0 Å². The van der Waals surface area contributed by atoms with Crippen molar-refractivity contribution in [3.05, 3.63) is 21.7 Å². The second kappa shape index (κ2) is 3.38. The van der Waals surface area contributed by atoms with Crippen LogP contribution >= 0.6 is 0 Å². The van der Waals surface area contributed by atoms with Crippen LogP contribution in [0.15, 0.2) is 9.32 Å². The van der Waals surface area contributed by atoms with E-state index in [2.05, 4.69) is 5.16 Å². The highest BCUT2D eigenvalue weighted by Gasteiger charge is 2.22. The number of aromatic amines is 1. The Labute approximate surface area is 77.1 Å². The first-order chi connectivity index (χ1) is 5.96. The number of hydrogen-bond acceptors (Lipinski definition) is 3. The Bertz CT molecular complexity index is 330. The van der Waals surface area contributed by atoms with E-state index in [9.17, 15) is 4.79 Å². The van der Waals surface area contributed by atoms with Gasteiger partial charge in [0, 0.05) is 5.41 Å². The van der Waals surface area contributed by atoms with E-state index < -0.39 is 0 Å². The van der Waals surface area contributed by atoms with Crippen molar-refractivity contribution >= 4 is 0 Å². The predicted octanol–water partition coefficient (Wildman–Crippen LogP) is 0.767. The van der Waals surface area contributed by atoms with Gasteiger partial charge in [-0.15, -0.1) is 0 Å². The molecule has 0 radical (unpaired) electrons. The molecule has 1 aromatic heterocycles. The van der Waals surface area contributed by atoms with E-state index in [1.807, 2.05) is 20.8 Å². The van der Waals surface area contributed by atoms with Gasteiger partial charge in [-0.25, -0.2) is 9.95 Å². The van der Waals surface area contributed by atoms with Crippen molar-refractivity contribution in [3.8, 4) is 0 Å². The van der Waals surface area contributed by atoms with E-state index in [1.54, 1.807) is 0 Å². The lowest BCUT2D eigenvalue weighted by atomic mass is 9.89. The highest BCUT2D eigenvalue weighted by Crippen LogP contribution is 2.22. The van der Waals surface area contributed by atoms with Crippen LogP contribution in [0, 0.1) is 0 Å². The Morgan fingerprint density at radius 2 is 2.08 bits per heavy atom. The molecule has 74 valence electrons. The van der Waals surface area contributed by atoms with E-state index in [-0.39, 0.29) is 11.0 Å². The summed E-state index contributed by atoms with van der Waals surface area (Å²) in [6, 6.07) is 0. The lowest BCUT2D eigenvalue weighted by molar-refractivity contribution is 0.370. The first-order valence-corrected chi connectivity index (χ1v) is 4.37. The Morgan fingerprint density at radius 3 is 2.54 bits per heavy atom. The largest absolute Gasteiger partial charge is 0.360 e. The van der Waals surface area contributed by atoms with Crippen molar-refractivity contribution in [2.45, 2.75) is 32.6 Å². The molecule has 0 unspecified atom stereocenters. The van der Waals surface area contributed by atoms with Crippen LogP contribution in [0.25, 0.3) is 0 Å². The van der Waals surface area contributed by atoms with Gasteiger partial charge >= 0.3 is 5.63 Å². The first-order valence-electron chi connectivity index (χ1n) is 4.37. The normalized spacial score (nSPS) is 12.0. The van der Waals surface area contributed by atoms with E-state index in [0.29, 0.717) is 18.5 Å². The summed E-state index contributed by atoms with van der Waals surface area (Å²) < 4.78 is 4.74. The topological polar surface area (TPSA) is 72.0 Å². The van der Waals surface area contributed by atoms with Crippen LogP contribution in [0.3, 0.4) is 0 Å². The summed E-state index contributed by atoms with van der Waals surface area (Å²) in [5, 5.41) is 2.66. The zero-order chi connectivity index (χ0) is 10.1. The molecule has 0 aliphatic rings. The molecule has 0 saturated carbocycles. The number of nitrogens with two attached hydrogens (primary N) is 1. The predicted molar refractivity (Wildman–Crippen MR) is 50.8 cm³/mol. The van der Waals surface area contributed by atoms with Gasteiger partial charge in [-0.3, -0.25) is 0 Å². The van der Waals surface area contributed by atoms with Gasteiger partial charge in [0.05, 0.1) is 11.3 Å². The Balaban J connectivity index is 3.15. The van der Waals surface area contributed by atoms with Crippen molar-refractivity contribution in [3.63, 3.8) is 0 Å². The molecule has 4 heteroatoms. The Kier molecular flexibility index (Phi) is 2.61. The monoisotopic (exact) mass is 184 g/mol. The molecular formula is C9H16N2O2. The van der Waals surface area contributed by atoms with Gasteiger partial charge in [-0.05, 0) is 13.0 Å². The minimum atomic E-state index is -0.296. The molecule has 0 atom stereocenters. The molecule has 1 heterocycles. The maximum Gasteiger partial charge on any atom is 0.360 e. The fourth-order valence-corrected chi connectivity index (χ4v) is 1.30. The summed E-state index contributed by atoms with van der Waals surface area (Å²) in [4.78, 5) is 11.2. The minimum Gasteiger partial charge on any atom is -0.339 e. The summed E-state index contributed by atoms with van der Waals surface area (Å²) in [6.07, 6.45) is 0.568. The third kappa shape index (κ3) is 2.01. The average molecular weight is 184 g/mol. The van der Waals surface area contributed by atoms with E-state index >= 15 is 0 Å². The fraction of sp³-hybridized carbons (Fsp3) is 0.667. The van der Waals surface area contributed by atoms with Crippen LogP contribution in [0.1, 0.15) is 32.0 Å². The number of H-pyrrole nitrogens is 1. The molecular weight excluding hydrogens is 168 g/mol. The van der Waals surface area contributed by atoms with Gasteiger partial charge < -0.3 is 10.3 Å². The third-order valence-corrected chi connectivity index (χ3v) is 1.94. The van der Waals surface area contributed by atoms with Crippen LogP contribution in [0.4, 0.5) is 0 Å². The van der Waals surface area contributed by atoms with Crippen LogP contribution in [-0.2, 0) is 11.8 Å². The van der Waals surface area contributed by atoms with Crippen molar-refractivity contribution in [1.82, 2.24) is 5.16 Å². The lowest BCUT2D eigenvalue weighted by Crippen LogP contribution is -2.19. The van der Waals surface area contributed by atoms with Crippen molar-refractivity contribution < 1.29 is 4.52 Å². The van der Waals surface area contributed by atoms with Crippen molar-refractivity contribution in [1.29, 1.82) is 0 Å². The molecule has 13 heavy (non-hydrogen) atoms. The van der Waals surface area contributed by atoms with Crippen molar-refractivity contribution in [2.75, 3.05) is 6.54 Å². The van der Waals surface area contributed by atoms with Gasteiger partial charge in [0.25, 0.3) is 0 Å². The fourth-order valence-electron chi connectivity index (χ4n) is 1.30. The molecule has 0 fully saturated rings. The Morgan fingerprint density at radius 1 is 1.46 bits per heavy atom. The molecule has 1 rings (SSSR count). The molecule has 0 amide bonds. The summed E-state index contributed by atoms with van der Waals surface area (Å²) in [6.45, 7) is 6.53. The minimum absolute atomic E-state index is 0.101. The number of hydrogen-bond donors (Lipinski definition) is 2. The SMILES string of the molecule is CC(C)(C)c1[nH]oc(=O)c1CCN. The smallest absolute Gasteiger partial charge is 0.339 e. The molecule has 3 N–H and O–H groups in total. The second-order valence-corrected chi connectivity index (χ2v) is 4.13. The van der Waals surface area contributed by atoms with Gasteiger partial charge in [0.2, 0.25) is 0 Å². The van der Waals surface area contributed by atoms with Gasteiger partial charge in [0.15, 0.2) is 0 Å². The molecule has 0 aliphatic heterocycles. The Hall–Kier alpha value is -1.03. The zero-order valence-corrected chi connectivity index (χ0v) is 8.31. The molecule has 0 bridgehead atoms. The standard InChI is InChI=1S/C9H16N2O2/c1-9(2,3)7-6(4-5-10)8(12)13-11-7/h11H,4-5,10H2,1-3H3. The maximum atomic E-state index is 11.2. The van der Waals surface area contributed by atoms with Crippen molar-refractivity contribution in [2.24, 2.45) is 5.73 Å². The zero-order valence-electron chi connectivity index (χ0n) is 8.31.